The lowest BCUT2D eigenvalue weighted by Crippen LogP contribution is -2.41. The fraction of sp³-hybridized carbons (Fsp3) is 0.586. The number of halogens is 2. The molecule has 0 N–H and O–H groups in total. The van der Waals surface area contributed by atoms with Crippen LogP contribution in [0.2, 0.25) is 0 Å². The van der Waals surface area contributed by atoms with Gasteiger partial charge in [0.25, 0.3) is 0 Å². The minimum Gasteiger partial charge on any atom is -0.371 e. The van der Waals surface area contributed by atoms with Crippen molar-refractivity contribution in [2.45, 2.75) is 65.0 Å². The number of hydrogen-bond donors (Lipinski definition) is 0. The summed E-state index contributed by atoms with van der Waals surface area (Å²) >= 11 is 0. The highest BCUT2D eigenvalue weighted by Gasteiger charge is 2.25. The van der Waals surface area contributed by atoms with Crippen LogP contribution < -0.4 is 0 Å². The van der Waals surface area contributed by atoms with Crippen LogP contribution in [0.5, 0.6) is 0 Å². The van der Waals surface area contributed by atoms with Crippen molar-refractivity contribution in [2.75, 3.05) is 32.7 Å². The van der Waals surface area contributed by atoms with Crippen molar-refractivity contribution in [3.05, 3.63) is 54.1 Å². The van der Waals surface area contributed by atoms with E-state index in [9.17, 15) is 8.78 Å². The molecule has 1 aromatic heterocycles. The third-order valence-corrected chi connectivity index (χ3v) is 7.43. The van der Waals surface area contributed by atoms with E-state index < -0.39 is 5.67 Å². The van der Waals surface area contributed by atoms with E-state index in [0.717, 1.165) is 69.5 Å². The largest absolute Gasteiger partial charge is 0.371 e. The first-order valence-corrected chi connectivity index (χ1v) is 13.1. The lowest BCUT2D eigenvalue weighted by atomic mass is 9.90. The van der Waals surface area contributed by atoms with Gasteiger partial charge < -0.3 is 9.80 Å². The molecule has 35 heavy (non-hydrogen) atoms. The molecule has 0 radical (unpaired) electrons. The van der Waals surface area contributed by atoms with Crippen molar-refractivity contribution in [1.82, 2.24) is 19.8 Å². The Morgan fingerprint density at radius 3 is 2.46 bits per heavy atom. The maximum atomic E-state index is 15.0. The summed E-state index contributed by atoms with van der Waals surface area (Å²) < 4.78 is 28.9. The van der Waals surface area contributed by atoms with Gasteiger partial charge in [0.1, 0.15) is 11.5 Å². The van der Waals surface area contributed by atoms with Gasteiger partial charge in [0.2, 0.25) is 0 Å². The van der Waals surface area contributed by atoms with Crippen molar-refractivity contribution in [2.24, 2.45) is 11.8 Å². The van der Waals surface area contributed by atoms with Gasteiger partial charge in [-0.2, -0.15) is 0 Å². The van der Waals surface area contributed by atoms with Crippen molar-refractivity contribution in [3.8, 4) is 11.4 Å². The van der Waals surface area contributed by atoms with E-state index in [-0.39, 0.29) is 5.82 Å². The van der Waals surface area contributed by atoms with Crippen LogP contribution >= 0.6 is 0 Å². The number of aryl methyl sites for hydroxylation is 1. The zero-order valence-corrected chi connectivity index (χ0v) is 21.6. The zero-order chi connectivity index (χ0) is 25.0. The van der Waals surface area contributed by atoms with Gasteiger partial charge in [-0.3, -0.25) is 0 Å². The van der Waals surface area contributed by atoms with E-state index >= 15 is 0 Å². The summed E-state index contributed by atoms with van der Waals surface area (Å²) in [5, 5.41) is 0. The molecule has 2 aromatic rings. The molecule has 2 aliphatic rings. The van der Waals surface area contributed by atoms with E-state index in [4.69, 9.17) is 0 Å². The molecule has 0 bridgehead atoms. The Bertz CT molecular complexity index is 991. The Hall–Kier alpha value is -2.34. The van der Waals surface area contributed by atoms with Gasteiger partial charge in [-0.15, -0.1) is 0 Å². The number of hydrogen-bond acceptors (Lipinski definition) is 4. The van der Waals surface area contributed by atoms with Crippen LogP contribution in [0.4, 0.5) is 8.78 Å². The summed E-state index contributed by atoms with van der Waals surface area (Å²) in [4.78, 5) is 13.5. The molecule has 190 valence electrons. The third kappa shape index (κ3) is 7.09. The van der Waals surface area contributed by atoms with E-state index in [1.807, 2.05) is 18.5 Å². The van der Waals surface area contributed by atoms with Crippen LogP contribution in [0.15, 0.2) is 37.2 Å². The average molecular weight is 483 g/mol. The monoisotopic (exact) mass is 482 g/mol. The minimum absolute atomic E-state index is 0.277. The lowest BCUT2D eigenvalue weighted by Gasteiger charge is -2.34. The van der Waals surface area contributed by atoms with Crippen LogP contribution in [0.3, 0.4) is 0 Å². The Balaban J connectivity index is 1.30. The smallest absolute Gasteiger partial charge is 0.159 e. The second kappa shape index (κ2) is 11.2. The fourth-order valence-electron chi connectivity index (χ4n) is 5.46. The Morgan fingerprint density at radius 1 is 1.11 bits per heavy atom. The number of nitrogens with zero attached hydrogens (tertiary/aromatic N) is 4. The number of piperidine rings is 2. The molecule has 1 aromatic carbocycles. The van der Waals surface area contributed by atoms with Crippen molar-refractivity contribution in [3.63, 3.8) is 0 Å². The van der Waals surface area contributed by atoms with Gasteiger partial charge in [0.15, 0.2) is 5.82 Å². The number of aromatic nitrogens is 2. The quantitative estimate of drug-likeness (QED) is 0.437. The molecular weight excluding hydrogens is 442 g/mol. The molecule has 0 spiro atoms. The predicted octanol–water partition coefficient (Wildman–Crippen LogP) is 6.38. The molecule has 2 saturated heterocycles. The van der Waals surface area contributed by atoms with Gasteiger partial charge in [0.05, 0.1) is 0 Å². The van der Waals surface area contributed by atoms with E-state index in [2.05, 4.69) is 33.3 Å². The van der Waals surface area contributed by atoms with Crippen LogP contribution in [0.25, 0.3) is 17.1 Å². The van der Waals surface area contributed by atoms with Gasteiger partial charge in [0, 0.05) is 48.9 Å². The van der Waals surface area contributed by atoms with Crippen LogP contribution in [-0.4, -0.2) is 58.2 Å². The highest BCUT2D eigenvalue weighted by Crippen LogP contribution is 2.29. The SMILES string of the molecule is C=C(c1ccc(-c2ncc(CCC3CCN(CC(C)(C)F)CC3)cn2)cc1F)N1CCCC(C)C1. The molecule has 2 fully saturated rings. The third-order valence-electron chi connectivity index (χ3n) is 7.43. The maximum absolute atomic E-state index is 15.0. The lowest BCUT2D eigenvalue weighted by molar-refractivity contribution is 0.0943. The second-order valence-electron chi connectivity index (χ2n) is 11.2. The molecule has 1 atom stereocenters. The molecule has 4 nitrogen and oxygen atoms in total. The molecule has 3 heterocycles. The van der Waals surface area contributed by atoms with Gasteiger partial charge in [-0.25, -0.2) is 18.7 Å². The topological polar surface area (TPSA) is 32.3 Å². The normalized spacial score (nSPS) is 20.3. The van der Waals surface area contributed by atoms with Crippen LogP contribution in [0, 0.1) is 17.7 Å². The number of rotatable bonds is 8. The fourth-order valence-corrected chi connectivity index (χ4v) is 5.46. The maximum Gasteiger partial charge on any atom is 0.159 e. The van der Waals surface area contributed by atoms with E-state index in [1.54, 1.807) is 19.9 Å². The summed E-state index contributed by atoms with van der Waals surface area (Å²) in [7, 11) is 0. The highest BCUT2D eigenvalue weighted by atomic mass is 19.1. The first kappa shape index (κ1) is 25.7. The summed E-state index contributed by atoms with van der Waals surface area (Å²) in [5.74, 6) is 1.53. The Morgan fingerprint density at radius 2 is 1.83 bits per heavy atom. The van der Waals surface area contributed by atoms with Crippen molar-refractivity contribution >= 4 is 5.70 Å². The molecule has 0 aliphatic carbocycles. The first-order chi connectivity index (χ1) is 16.7. The number of alkyl halides is 1. The van der Waals surface area contributed by atoms with E-state index in [0.29, 0.717) is 35.3 Å². The summed E-state index contributed by atoms with van der Waals surface area (Å²) in [5.41, 5.74) is 1.97. The summed E-state index contributed by atoms with van der Waals surface area (Å²) in [6, 6.07) is 5.22. The van der Waals surface area contributed by atoms with Crippen LogP contribution in [-0.2, 0) is 6.42 Å². The Kier molecular flexibility index (Phi) is 8.20. The molecule has 2 aliphatic heterocycles. The van der Waals surface area contributed by atoms with Crippen LogP contribution in [0.1, 0.15) is 64.0 Å². The molecule has 0 saturated carbocycles. The van der Waals surface area contributed by atoms with E-state index in [1.165, 1.54) is 12.5 Å². The summed E-state index contributed by atoms with van der Waals surface area (Å²) in [6.45, 7) is 14.0. The second-order valence-corrected chi connectivity index (χ2v) is 11.2. The summed E-state index contributed by atoms with van der Waals surface area (Å²) in [6.07, 6.45) is 10.3. The molecule has 6 heteroatoms. The highest BCUT2D eigenvalue weighted by molar-refractivity contribution is 5.66. The van der Waals surface area contributed by atoms with Gasteiger partial charge in [-0.05, 0) is 95.0 Å². The Labute approximate surface area is 209 Å². The number of likely N-dealkylation sites (tertiary alicyclic amines) is 2. The minimum atomic E-state index is -1.13. The molecule has 0 amide bonds. The first-order valence-electron chi connectivity index (χ1n) is 13.1. The standard InChI is InChI=1S/C29H40F2N4/c1-21-6-5-13-35(19-21)22(2)26-10-9-25(16-27(26)30)28-32-17-24(18-33-28)8-7-23-11-14-34(15-12-23)20-29(3,4)31/h9-10,16-18,21,23H,2,5-8,11-15,19-20H2,1,3-4H3. The molecule has 4 rings (SSSR count). The van der Waals surface area contributed by atoms with Crippen molar-refractivity contribution in [1.29, 1.82) is 0 Å². The number of benzene rings is 1. The molecule has 1 unspecified atom stereocenters. The molecular formula is C29H40F2N4. The van der Waals surface area contributed by atoms with Gasteiger partial charge >= 0.3 is 0 Å². The zero-order valence-electron chi connectivity index (χ0n) is 21.6. The average Bonchev–Trinajstić information content (AvgIpc) is 2.82. The predicted molar refractivity (Wildman–Crippen MR) is 139 cm³/mol. The van der Waals surface area contributed by atoms with Crippen molar-refractivity contribution < 1.29 is 8.78 Å². The van der Waals surface area contributed by atoms with Gasteiger partial charge in [-0.1, -0.05) is 19.6 Å².